The SMILES string of the molecule is Cc1nc(CCC(=O)Nc2ccc(N3CCN(C)CC3)cc2)cs1. The molecule has 128 valence electrons. The van der Waals surface area contributed by atoms with E-state index in [1.54, 1.807) is 11.3 Å². The lowest BCUT2D eigenvalue weighted by atomic mass is 10.2. The molecule has 1 N–H and O–H groups in total. The van der Waals surface area contributed by atoms with E-state index in [0.29, 0.717) is 12.8 Å². The van der Waals surface area contributed by atoms with Crippen LogP contribution in [0.15, 0.2) is 29.6 Å². The first-order valence-corrected chi connectivity index (χ1v) is 9.22. The van der Waals surface area contributed by atoms with Crippen molar-refractivity contribution in [3.63, 3.8) is 0 Å². The number of piperazine rings is 1. The molecule has 1 aliphatic rings. The number of aromatic nitrogens is 1. The van der Waals surface area contributed by atoms with Crippen molar-refractivity contribution < 1.29 is 4.79 Å². The Balaban J connectivity index is 1.49. The lowest BCUT2D eigenvalue weighted by molar-refractivity contribution is -0.116. The lowest BCUT2D eigenvalue weighted by Gasteiger charge is -2.34. The minimum Gasteiger partial charge on any atom is -0.369 e. The van der Waals surface area contributed by atoms with Gasteiger partial charge in [-0.2, -0.15) is 0 Å². The number of rotatable bonds is 5. The number of amides is 1. The molecule has 1 saturated heterocycles. The summed E-state index contributed by atoms with van der Waals surface area (Å²) in [6.45, 7) is 6.27. The van der Waals surface area contributed by atoms with E-state index in [-0.39, 0.29) is 5.91 Å². The van der Waals surface area contributed by atoms with Gasteiger partial charge in [-0.1, -0.05) is 0 Å². The Morgan fingerprint density at radius 3 is 2.54 bits per heavy atom. The van der Waals surface area contributed by atoms with Crippen molar-refractivity contribution in [1.29, 1.82) is 0 Å². The van der Waals surface area contributed by atoms with Gasteiger partial charge in [0.05, 0.1) is 10.7 Å². The van der Waals surface area contributed by atoms with E-state index < -0.39 is 0 Å². The van der Waals surface area contributed by atoms with E-state index in [4.69, 9.17) is 0 Å². The molecular formula is C18H24N4OS. The molecule has 3 rings (SSSR count). The number of benzene rings is 1. The third-order valence-electron chi connectivity index (χ3n) is 4.29. The predicted molar refractivity (Wildman–Crippen MR) is 100.0 cm³/mol. The molecule has 0 spiro atoms. The van der Waals surface area contributed by atoms with Crippen LogP contribution in [0.5, 0.6) is 0 Å². The largest absolute Gasteiger partial charge is 0.369 e. The smallest absolute Gasteiger partial charge is 0.224 e. The van der Waals surface area contributed by atoms with Crippen LogP contribution in [0, 0.1) is 6.92 Å². The average molecular weight is 344 g/mol. The van der Waals surface area contributed by atoms with Crippen LogP contribution in [0.4, 0.5) is 11.4 Å². The Morgan fingerprint density at radius 1 is 1.21 bits per heavy atom. The fourth-order valence-electron chi connectivity index (χ4n) is 2.81. The van der Waals surface area contributed by atoms with Gasteiger partial charge in [0.1, 0.15) is 0 Å². The molecule has 0 aliphatic carbocycles. The molecular weight excluding hydrogens is 320 g/mol. The Bertz CT molecular complexity index is 675. The van der Waals surface area contributed by atoms with Gasteiger partial charge in [0.15, 0.2) is 0 Å². The van der Waals surface area contributed by atoms with Gasteiger partial charge >= 0.3 is 0 Å². The number of hydrogen-bond acceptors (Lipinski definition) is 5. The molecule has 1 aliphatic heterocycles. The number of likely N-dealkylation sites (N-methyl/N-ethyl adjacent to an activating group) is 1. The number of carbonyl (C=O) groups excluding carboxylic acids is 1. The second-order valence-corrected chi connectivity index (χ2v) is 7.31. The summed E-state index contributed by atoms with van der Waals surface area (Å²) in [5, 5.41) is 6.03. The van der Waals surface area contributed by atoms with Crippen LogP contribution in [0.25, 0.3) is 0 Å². The maximum absolute atomic E-state index is 12.1. The van der Waals surface area contributed by atoms with Gasteiger partial charge in [0.2, 0.25) is 5.91 Å². The van der Waals surface area contributed by atoms with Gasteiger partial charge in [0.25, 0.3) is 0 Å². The number of nitrogens with zero attached hydrogens (tertiary/aromatic N) is 3. The Kier molecular flexibility index (Phi) is 5.48. The van der Waals surface area contributed by atoms with Crippen LogP contribution in [0.2, 0.25) is 0 Å². The van der Waals surface area contributed by atoms with Crippen molar-refractivity contribution in [3.8, 4) is 0 Å². The van der Waals surface area contributed by atoms with Crippen molar-refractivity contribution in [2.45, 2.75) is 19.8 Å². The first-order chi connectivity index (χ1) is 11.6. The summed E-state index contributed by atoms with van der Waals surface area (Å²) in [5.41, 5.74) is 3.07. The minimum absolute atomic E-state index is 0.0352. The standard InChI is InChI=1S/C18H24N4OS/c1-14-19-16(13-24-14)5-8-18(23)20-15-3-6-17(7-4-15)22-11-9-21(2)10-12-22/h3-4,6-7,13H,5,8-12H2,1-2H3,(H,20,23). The Hall–Kier alpha value is -1.92. The summed E-state index contributed by atoms with van der Waals surface area (Å²) in [5.74, 6) is 0.0352. The van der Waals surface area contributed by atoms with Gasteiger partial charge in [-0.05, 0) is 44.7 Å². The summed E-state index contributed by atoms with van der Waals surface area (Å²) in [6.07, 6.45) is 1.15. The molecule has 0 unspecified atom stereocenters. The molecule has 1 aromatic carbocycles. The number of thiazole rings is 1. The number of aryl methyl sites for hydroxylation is 2. The van der Waals surface area contributed by atoms with Gasteiger partial charge in [0, 0.05) is 49.4 Å². The molecule has 2 heterocycles. The zero-order chi connectivity index (χ0) is 16.9. The molecule has 1 fully saturated rings. The molecule has 1 aromatic heterocycles. The molecule has 0 atom stereocenters. The van der Waals surface area contributed by atoms with E-state index in [2.05, 4.69) is 39.3 Å². The van der Waals surface area contributed by atoms with Crippen molar-refractivity contribution in [2.75, 3.05) is 43.4 Å². The van der Waals surface area contributed by atoms with Gasteiger partial charge in [-0.25, -0.2) is 4.98 Å². The summed E-state index contributed by atoms with van der Waals surface area (Å²) in [4.78, 5) is 21.2. The van der Waals surface area contributed by atoms with E-state index in [1.807, 2.05) is 24.4 Å². The second kappa shape index (κ2) is 7.77. The predicted octanol–water partition coefficient (Wildman–Crippen LogP) is 2.77. The fourth-order valence-corrected chi connectivity index (χ4v) is 3.46. The van der Waals surface area contributed by atoms with Crippen LogP contribution in [0.1, 0.15) is 17.1 Å². The number of anilines is 2. The van der Waals surface area contributed by atoms with Gasteiger partial charge in [-0.15, -0.1) is 11.3 Å². The van der Waals surface area contributed by atoms with Crippen LogP contribution in [-0.4, -0.2) is 49.0 Å². The second-order valence-electron chi connectivity index (χ2n) is 6.24. The maximum Gasteiger partial charge on any atom is 0.224 e. The highest BCUT2D eigenvalue weighted by Crippen LogP contribution is 2.19. The van der Waals surface area contributed by atoms with E-state index in [1.165, 1.54) is 5.69 Å². The number of carbonyl (C=O) groups is 1. The van der Waals surface area contributed by atoms with E-state index >= 15 is 0 Å². The average Bonchev–Trinajstić information content (AvgIpc) is 3.00. The van der Waals surface area contributed by atoms with Gasteiger partial charge < -0.3 is 15.1 Å². The summed E-state index contributed by atoms with van der Waals surface area (Å²) in [6, 6.07) is 8.15. The molecule has 1 amide bonds. The van der Waals surface area contributed by atoms with Crippen LogP contribution in [0.3, 0.4) is 0 Å². The van der Waals surface area contributed by atoms with Crippen LogP contribution in [-0.2, 0) is 11.2 Å². The number of nitrogens with one attached hydrogen (secondary N) is 1. The van der Waals surface area contributed by atoms with E-state index in [0.717, 1.165) is 42.6 Å². The van der Waals surface area contributed by atoms with Crippen LogP contribution >= 0.6 is 11.3 Å². The normalized spacial score (nSPS) is 15.5. The minimum atomic E-state index is 0.0352. The first kappa shape index (κ1) is 16.9. The lowest BCUT2D eigenvalue weighted by Crippen LogP contribution is -2.44. The summed E-state index contributed by atoms with van der Waals surface area (Å²) in [7, 11) is 2.16. The molecule has 0 bridgehead atoms. The van der Waals surface area contributed by atoms with Crippen LogP contribution < -0.4 is 10.2 Å². The highest BCUT2D eigenvalue weighted by Gasteiger charge is 2.14. The van der Waals surface area contributed by atoms with E-state index in [9.17, 15) is 4.79 Å². The third-order valence-corrected chi connectivity index (χ3v) is 5.12. The quantitative estimate of drug-likeness (QED) is 0.906. The molecule has 6 heteroatoms. The highest BCUT2D eigenvalue weighted by molar-refractivity contribution is 7.09. The molecule has 0 radical (unpaired) electrons. The summed E-state index contributed by atoms with van der Waals surface area (Å²) >= 11 is 1.62. The maximum atomic E-state index is 12.1. The fraction of sp³-hybridized carbons (Fsp3) is 0.444. The zero-order valence-corrected chi connectivity index (χ0v) is 15.1. The number of hydrogen-bond donors (Lipinski definition) is 1. The molecule has 5 nitrogen and oxygen atoms in total. The molecule has 2 aromatic rings. The Morgan fingerprint density at radius 2 is 1.92 bits per heavy atom. The van der Waals surface area contributed by atoms with Crippen molar-refractivity contribution in [2.24, 2.45) is 0 Å². The Labute approximate surface area is 147 Å². The molecule has 0 saturated carbocycles. The van der Waals surface area contributed by atoms with Crippen molar-refractivity contribution in [3.05, 3.63) is 40.3 Å². The first-order valence-electron chi connectivity index (χ1n) is 8.34. The van der Waals surface area contributed by atoms with Crippen molar-refractivity contribution in [1.82, 2.24) is 9.88 Å². The molecule has 24 heavy (non-hydrogen) atoms. The summed E-state index contributed by atoms with van der Waals surface area (Å²) < 4.78 is 0. The topological polar surface area (TPSA) is 48.5 Å². The zero-order valence-electron chi connectivity index (χ0n) is 14.3. The third kappa shape index (κ3) is 4.55. The monoisotopic (exact) mass is 344 g/mol. The highest BCUT2D eigenvalue weighted by atomic mass is 32.1. The van der Waals surface area contributed by atoms with Crippen molar-refractivity contribution >= 4 is 28.6 Å². The van der Waals surface area contributed by atoms with Gasteiger partial charge in [-0.3, -0.25) is 4.79 Å².